The fourth-order valence-electron chi connectivity index (χ4n) is 2.65. The Labute approximate surface area is 136 Å². The average molecular weight is 314 g/mol. The van der Waals surface area contributed by atoms with Gasteiger partial charge in [0.05, 0.1) is 5.69 Å². The van der Waals surface area contributed by atoms with Crippen LogP contribution in [0.25, 0.3) is 5.69 Å². The van der Waals surface area contributed by atoms with Crippen molar-refractivity contribution in [1.29, 1.82) is 0 Å². The molecule has 0 radical (unpaired) electrons. The number of nitrogens with zero attached hydrogens (tertiary/aromatic N) is 4. The van der Waals surface area contributed by atoms with Crippen LogP contribution in [0.4, 0.5) is 0 Å². The van der Waals surface area contributed by atoms with Crippen molar-refractivity contribution in [2.75, 3.05) is 39.3 Å². The minimum Gasteiger partial charge on any atom is -0.466 e. The van der Waals surface area contributed by atoms with Crippen LogP contribution in [0.3, 0.4) is 0 Å². The van der Waals surface area contributed by atoms with Crippen molar-refractivity contribution in [1.82, 2.24) is 19.6 Å². The van der Waals surface area contributed by atoms with Crippen LogP contribution < -0.4 is 4.74 Å². The lowest BCUT2D eigenvalue weighted by Gasteiger charge is -2.33. The first-order chi connectivity index (χ1) is 11.3. The number of carbonyl (C=O) groups excluding carboxylic acids is 1. The highest BCUT2D eigenvalue weighted by Crippen LogP contribution is 2.12. The fraction of sp³-hybridized carbons (Fsp3) is 0.412. The summed E-state index contributed by atoms with van der Waals surface area (Å²) in [6, 6.07) is 11.6. The molecule has 6 nitrogen and oxygen atoms in total. The van der Waals surface area contributed by atoms with Gasteiger partial charge in [0.25, 0.3) is 5.91 Å². The van der Waals surface area contributed by atoms with Gasteiger partial charge in [0.15, 0.2) is 6.61 Å². The quantitative estimate of drug-likeness (QED) is 0.837. The molecular weight excluding hydrogens is 292 g/mol. The summed E-state index contributed by atoms with van der Waals surface area (Å²) in [5, 5.41) is 4.34. The van der Waals surface area contributed by atoms with Gasteiger partial charge in [0.1, 0.15) is 0 Å². The number of likely N-dealkylation sites (N-methyl/N-ethyl adjacent to an activating group) is 1. The Morgan fingerprint density at radius 1 is 1.13 bits per heavy atom. The number of benzene rings is 1. The zero-order valence-corrected chi connectivity index (χ0v) is 13.4. The van der Waals surface area contributed by atoms with Crippen molar-refractivity contribution in [3.05, 3.63) is 42.6 Å². The molecule has 122 valence electrons. The Bertz CT molecular complexity index is 633. The summed E-state index contributed by atoms with van der Waals surface area (Å²) < 4.78 is 7.28. The number of carbonyl (C=O) groups is 1. The maximum absolute atomic E-state index is 12.2. The fourth-order valence-corrected chi connectivity index (χ4v) is 2.65. The smallest absolute Gasteiger partial charge is 0.260 e. The van der Waals surface area contributed by atoms with Crippen LogP contribution in [0.2, 0.25) is 0 Å². The van der Waals surface area contributed by atoms with Crippen LogP contribution in [0.1, 0.15) is 6.92 Å². The third-order valence-electron chi connectivity index (χ3n) is 4.10. The molecule has 0 saturated carbocycles. The van der Waals surface area contributed by atoms with Gasteiger partial charge < -0.3 is 14.5 Å². The van der Waals surface area contributed by atoms with Gasteiger partial charge >= 0.3 is 0 Å². The highest BCUT2D eigenvalue weighted by atomic mass is 16.5. The van der Waals surface area contributed by atoms with E-state index in [1.807, 2.05) is 41.4 Å². The van der Waals surface area contributed by atoms with Crippen LogP contribution in [-0.4, -0.2) is 64.8 Å². The van der Waals surface area contributed by atoms with E-state index in [4.69, 9.17) is 4.74 Å². The molecule has 0 atom stereocenters. The molecule has 2 heterocycles. The number of ether oxygens (including phenoxy) is 1. The molecule has 0 aliphatic carbocycles. The summed E-state index contributed by atoms with van der Waals surface area (Å²) in [7, 11) is 0. The van der Waals surface area contributed by atoms with Crippen molar-refractivity contribution < 1.29 is 9.53 Å². The summed E-state index contributed by atoms with van der Waals surface area (Å²) in [6.45, 7) is 6.63. The summed E-state index contributed by atoms with van der Waals surface area (Å²) >= 11 is 0. The molecule has 0 bridgehead atoms. The van der Waals surface area contributed by atoms with Crippen LogP contribution >= 0.6 is 0 Å². The highest BCUT2D eigenvalue weighted by Gasteiger charge is 2.20. The first-order valence-corrected chi connectivity index (χ1v) is 8.00. The van der Waals surface area contributed by atoms with Crippen molar-refractivity contribution in [2.24, 2.45) is 0 Å². The zero-order valence-electron chi connectivity index (χ0n) is 13.4. The summed E-state index contributed by atoms with van der Waals surface area (Å²) in [5.41, 5.74) is 0.962. The van der Waals surface area contributed by atoms with Crippen molar-refractivity contribution in [2.45, 2.75) is 6.92 Å². The second-order valence-corrected chi connectivity index (χ2v) is 5.54. The molecule has 2 aromatic rings. The average Bonchev–Trinajstić information content (AvgIpc) is 3.09. The maximum atomic E-state index is 12.2. The van der Waals surface area contributed by atoms with Gasteiger partial charge in [0, 0.05) is 38.4 Å². The van der Waals surface area contributed by atoms with Gasteiger partial charge in [-0.1, -0.05) is 25.1 Å². The van der Waals surface area contributed by atoms with E-state index in [-0.39, 0.29) is 12.5 Å². The first-order valence-electron chi connectivity index (χ1n) is 8.00. The highest BCUT2D eigenvalue weighted by molar-refractivity contribution is 5.77. The Morgan fingerprint density at radius 3 is 2.57 bits per heavy atom. The third kappa shape index (κ3) is 3.90. The van der Waals surface area contributed by atoms with Crippen molar-refractivity contribution >= 4 is 5.91 Å². The normalized spacial score (nSPS) is 15.6. The van der Waals surface area contributed by atoms with E-state index in [0.29, 0.717) is 5.88 Å². The van der Waals surface area contributed by atoms with E-state index < -0.39 is 0 Å². The van der Waals surface area contributed by atoms with Gasteiger partial charge in [-0.2, -0.15) is 0 Å². The molecule has 3 rings (SSSR count). The van der Waals surface area contributed by atoms with Crippen molar-refractivity contribution in [3.63, 3.8) is 0 Å². The van der Waals surface area contributed by atoms with Crippen LogP contribution in [0, 0.1) is 0 Å². The van der Waals surface area contributed by atoms with E-state index >= 15 is 0 Å². The zero-order chi connectivity index (χ0) is 16.1. The van der Waals surface area contributed by atoms with E-state index in [1.54, 1.807) is 10.7 Å². The lowest BCUT2D eigenvalue weighted by molar-refractivity contribution is -0.135. The molecule has 1 fully saturated rings. The van der Waals surface area contributed by atoms with Gasteiger partial charge in [-0.15, -0.1) is 5.10 Å². The molecule has 23 heavy (non-hydrogen) atoms. The second-order valence-electron chi connectivity index (χ2n) is 5.54. The Morgan fingerprint density at radius 2 is 1.87 bits per heavy atom. The van der Waals surface area contributed by atoms with E-state index in [9.17, 15) is 4.79 Å². The Kier molecular flexibility index (Phi) is 4.92. The molecule has 0 spiro atoms. The minimum absolute atomic E-state index is 0.0232. The number of para-hydroxylation sites is 1. The standard InChI is InChI=1S/C17H22N4O2/c1-2-19-10-12-20(13-11-19)17(22)14-23-16-8-9-21(18-16)15-6-4-3-5-7-15/h3-9H,2,10-14H2,1H3. The first kappa shape index (κ1) is 15.6. The lowest BCUT2D eigenvalue weighted by Crippen LogP contribution is -2.49. The number of aromatic nitrogens is 2. The number of piperazine rings is 1. The number of hydrogen-bond acceptors (Lipinski definition) is 4. The molecule has 0 unspecified atom stereocenters. The number of hydrogen-bond donors (Lipinski definition) is 0. The van der Waals surface area contributed by atoms with E-state index in [0.717, 1.165) is 38.4 Å². The second kappa shape index (κ2) is 7.28. The molecule has 1 aromatic carbocycles. The van der Waals surface area contributed by atoms with Crippen molar-refractivity contribution in [3.8, 4) is 11.6 Å². The Hall–Kier alpha value is -2.34. The molecular formula is C17H22N4O2. The molecule has 1 amide bonds. The van der Waals surface area contributed by atoms with Crippen LogP contribution in [0.15, 0.2) is 42.6 Å². The Balaban J connectivity index is 1.51. The SMILES string of the molecule is CCN1CCN(C(=O)COc2ccn(-c3ccccc3)n2)CC1. The topological polar surface area (TPSA) is 50.6 Å². The van der Waals surface area contributed by atoms with Gasteiger partial charge in [-0.3, -0.25) is 4.79 Å². The van der Waals surface area contributed by atoms with E-state index in [1.165, 1.54) is 0 Å². The van der Waals surface area contributed by atoms with E-state index in [2.05, 4.69) is 16.9 Å². The number of amides is 1. The molecule has 1 aromatic heterocycles. The largest absolute Gasteiger partial charge is 0.466 e. The summed E-state index contributed by atoms with van der Waals surface area (Å²) in [4.78, 5) is 16.4. The minimum atomic E-state index is 0.0232. The van der Waals surface area contributed by atoms with Crippen LogP contribution in [0.5, 0.6) is 5.88 Å². The van der Waals surface area contributed by atoms with Gasteiger partial charge in [0.2, 0.25) is 5.88 Å². The molecule has 1 saturated heterocycles. The number of rotatable bonds is 5. The lowest BCUT2D eigenvalue weighted by atomic mass is 10.3. The van der Waals surface area contributed by atoms with Gasteiger partial charge in [-0.05, 0) is 18.7 Å². The third-order valence-corrected chi connectivity index (χ3v) is 4.10. The molecule has 6 heteroatoms. The predicted molar refractivity (Wildman–Crippen MR) is 87.8 cm³/mol. The summed E-state index contributed by atoms with van der Waals surface area (Å²) in [5.74, 6) is 0.490. The van der Waals surface area contributed by atoms with Gasteiger partial charge in [-0.25, -0.2) is 4.68 Å². The predicted octanol–water partition coefficient (Wildman–Crippen LogP) is 1.42. The van der Waals surface area contributed by atoms with Crippen LogP contribution in [-0.2, 0) is 4.79 Å². The monoisotopic (exact) mass is 314 g/mol. The molecule has 1 aliphatic heterocycles. The maximum Gasteiger partial charge on any atom is 0.260 e. The summed E-state index contributed by atoms with van der Waals surface area (Å²) in [6.07, 6.45) is 1.83. The molecule has 1 aliphatic rings. The molecule has 0 N–H and O–H groups in total.